The third-order valence-electron chi connectivity index (χ3n) is 5.21. The van der Waals surface area contributed by atoms with Crippen molar-refractivity contribution in [3.8, 4) is 0 Å². The Morgan fingerprint density at radius 1 is 1.11 bits per heavy atom. The smallest absolute Gasteiger partial charge is 0.335 e. The highest BCUT2D eigenvalue weighted by molar-refractivity contribution is 5.89. The molecule has 4 rings (SSSR count). The van der Waals surface area contributed by atoms with Gasteiger partial charge in [0.1, 0.15) is 6.54 Å². The van der Waals surface area contributed by atoms with E-state index < -0.39 is 5.97 Å². The number of para-hydroxylation sites is 1. The van der Waals surface area contributed by atoms with Gasteiger partial charge in [0.15, 0.2) is 0 Å². The van der Waals surface area contributed by atoms with Gasteiger partial charge < -0.3 is 10.0 Å². The maximum atomic E-state index is 12.7. The number of aromatic nitrogens is 2. The van der Waals surface area contributed by atoms with Gasteiger partial charge in [-0.25, -0.2) is 9.78 Å². The van der Waals surface area contributed by atoms with Crippen LogP contribution in [-0.2, 0) is 11.3 Å². The molecule has 2 aromatic carbocycles. The van der Waals surface area contributed by atoms with E-state index in [-0.39, 0.29) is 29.5 Å². The van der Waals surface area contributed by atoms with Gasteiger partial charge in [-0.3, -0.25) is 14.2 Å². The van der Waals surface area contributed by atoms with Crippen LogP contribution < -0.4 is 5.56 Å². The summed E-state index contributed by atoms with van der Waals surface area (Å²) in [6, 6.07) is 13.9. The van der Waals surface area contributed by atoms with Crippen LogP contribution in [0.25, 0.3) is 10.9 Å². The summed E-state index contributed by atoms with van der Waals surface area (Å²) in [5.41, 5.74) is 1.38. The van der Waals surface area contributed by atoms with E-state index in [2.05, 4.69) is 4.98 Å². The van der Waals surface area contributed by atoms with Gasteiger partial charge in [0, 0.05) is 19.0 Å². The van der Waals surface area contributed by atoms with Crippen molar-refractivity contribution in [1.29, 1.82) is 0 Å². The highest BCUT2D eigenvalue weighted by atomic mass is 16.4. The molecule has 142 valence electrons. The number of fused-ring (bicyclic) bond motifs is 1. The lowest BCUT2D eigenvalue weighted by atomic mass is 9.93. The lowest BCUT2D eigenvalue weighted by Crippen LogP contribution is -2.35. The fourth-order valence-corrected chi connectivity index (χ4v) is 3.75. The van der Waals surface area contributed by atoms with Crippen molar-refractivity contribution in [1.82, 2.24) is 14.5 Å². The van der Waals surface area contributed by atoms with Crippen LogP contribution >= 0.6 is 0 Å². The largest absolute Gasteiger partial charge is 0.478 e. The minimum atomic E-state index is -0.964. The van der Waals surface area contributed by atoms with E-state index >= 15 is 0 Å². The summed E-state index contributed by atoms with van der Waals surface area (Å²) in [6.45, 7) is 0.899. The van der Waals surface area contributed by atoms with Crippen molar-refractivity contribution in [3.63, 3.8) is 0 Å². The molecule has 7 heteroatoms. The monoisotopic (exact) mass is 377 g/mol. The molecule has 1 N–H and O–H groups in total. The van der Waals surface area contributed by atoms with E-state index in [1.807, 2.05) is 12.1 Å². The van der Waals surface area contributed by atoms with E-state index in [0.717, 1.165) is 5.56 Å². The highest BCUT2D eigenvalue weighted by Crippen LogP contribution is 2.29. The molecule has 1 fully saturated rings. The average molecular weight is 377 g/mol. The number of carboxylic acids is 1. The fourth-order valence-electron chi connectivity index (χ4n) is 3.75. The van der Waals surface area contributed by atoms with Gasteiger partial charge in [-0.15, -0.1) is 0 Å². The van der Waals surface area contributed by atoms with Crippen LogP contribution in [0, 0.1) is 0 Å². The summed E-state index contributed by atoms with van der Waals surface area (Å²) < 4.78 is 1.32. The van der Waals surface area contributed by atoms with E-state index in [1.165, 1.54) is 10.9 Å². The first kappa shape index (κ1) is 17.9. The first-order valence-electron chi connectivity index (χ1n) is 9.09. The average Bonchev–Trinajstić information content (AvgIpc) is 3.20. The normalized spacial score (nSPS) is 16.4. The van der Waals surface area contributed by atoms with E-state index in [0.29, 0.717) is 30.4 Å². The number of aromatic carboxylic acids is 1. The van der Waals surface area contributed by atoms with E-state index in [1.54, 1.807) is 41.3 Å². The van der Waals surface area contributed by atoms with E-state index in [9.17, 15) is 19.5 Å². The van der Waals surface area contributed by atoms with Crippen molar-refractivity contribution in [2.45, 2.75) is 18.9 Å². The Balaban J connectivity index is 1.51. The van der Waals surface area contributed by atoms with Gasteiger partial charge in [-0.1, -0.05) is 30.3 Å². The maximum Gasteiger partial charge on any atom is 0.335 e. The lowest BCUT2D eigenvalue weighted by molar-refractivity contribution is -0.130. The summed E-state index contributed by atoms with van der Waals surface area (Å²) in [5, 5.41) is 9.87. The number of hydrogen-bond acceptors (Lipinski definition) is 4. The molecule has 0 saturated carbocycles. The molecule has 0 bridgehead atoms. The number of carboxylic acid groups (broad SMARTS) is 1. The first-order valence-corrected chi connectivity index (χ1v) is 9.09. The zero-order valence-corrected chi connectivity index (χ0v) is 15.1. The lowest BCUT2D eigenvalue weighted by Gasteiger charge is -2.18. The molecule has 0 radical (unpaired) electrons. The van der Waals surface area contributed by atoms with Gasteiger partial charge in [-0.05, 0) is 30.2 Å². The molecular weight excluding hydrogens is 358 g/mol. The molecule has 1 aliphatic rings. The van der Waals surface area contributed by atoms with Gasteiger partial charge in [0.25, 0.3) is 5.56 Å². The van der Waals surface area contributed by atoms with Crippen molar-refractivity contribution in [2.75, 3.05) is 13.1 Å². The van der Waals surface area contributed by atoms with Crippen LogP contribution in [-0.4, -0.2) is 44.5 Å². The Kier molecular flexibility index (Phi) is 4.65. The minimum absolute atomic E-state index is 0.0253. The number of carbonyl (C=O) groups excluding carboxylic acids is 1. The number of rotatable bonds is 4. The summed E-state index contributed by atoms with van der Waals surface area (Å²) in [4.78, 5) is 42.7. The number of hydrogen-bond donors (Lipinski definition) is 1. The summed E-state index contributed by atoms with van der Waals surface area (Å²) in [6.07, 6.45) is 2.09. The third-order valence-corrected chi connectivity index (χ3v) is 5.21. The predicted octanol–water partition coefficient (Wildman–Crippen LogP) is 2.11. The molecule has 0 unspecified atom stereocenters. The van der Waals surface area contributed by atoms with Crippen molar-refractivity contribution < 1.29 is 14.7 Å². The zero-order valence-electron chi connectivity index (χ0n) is 15.1. The molecule has 0 aliphatic carbocycles. The Morgan fingerprint density at radius 2 is 1.86 bits per heavy atom. The molecular formula is C21H19N3O4. The van der Waals surface area contributed by atoms with Crippen LogP contribution in [0.4, 0.5) is 0 Å². The number of nitrogens with zero attached hydrogens (tertiary/aromatic N) is 3. The fraction of sp³-hybridized carbons (Fsp3) is 0.238. The second-order valence-electron chi connectivity index (χ2n) is 6.91. The Hall–Kier alpha value is -3.48. The zero-order chi connectivity index (χ0) is 19.7. The van der Waals surface area contributed by atoms with Crippen LogP contribution in [0.15, 0.2) is 59.7 Å². The summed E-state index contributed by atoms with van der Waals surface area (Å²) in [7, 11) is 0. The van der Waals surface area contributed by atoms with Gasteiger partial charge in [0.2, 0.25) is 5.91 Å². The molecule has 28 heavy (non-hydrogen) atoms. The molecule has 0 spiro atoms. The molecule has 7 nitrogen and oxygen atoms in total. The molecule has 3 aromatic rings. The minimum Gasteiger partial charge on any atom is -0.478 e. The van der Waals surface area contributed by atoms with Crippen LogP contribution in [0.2, 0.25) is 0 Å². The molecule has 1 saturated heterocycles. The van der Waals surface area contributed by atoms with Gasteiger partial charge in [0.05, 0.1) is 22.8 Å². The van der Waals surface area contributed by atoms with Gasteiger partial charge >= 0.3 is 5.97 Å². The number of likely N-dealkylation sites (tertiary alicyclic amines) is 1. The Labute approximate surface area is 160 Å². The Bertz CT molecular complexity index is 1120. The second kappa shape index (κ2) is 7.26. The Morgan fingerprint density at radius 3 is 2.68 bits per heavy atom. The predicted molar refractivity (Wildman–Crippen MR) is 103 cm³/mol. The van der Waals surface area contributed by atoms with Crippen LogP contribution in [0.5, 0.6) is 0 Å². The van der Waals surface area contributed by atoms with Crippen LogP contribution in [0.3, 0.4) is 0 Å². The molecule has 1 aliphatic heterocycles. The summed E-state index contributed by atoms with van der Waals surface area (Å²) in [5.74, 6) is -1.16. The highest BCUT2D eigenvalue weighted by Gasteiger charge is 2.29. The van der Waals surface area contributed by atoms with Crippen molar-refractivity contribution >= 4 is 22.8 Å². The number of benzene rings is 2. The molecule has 1 atom stereocenters. The topological polar surface area (TPSA) is 92.5 Å². The number of amides is 1. The molecule has 2 heterocycles. The molecule has 1 amide bonds. The first-order chi connectivity index (χ1) is 13.5. The molecule has 1 aromatic heterocycles. The maximum absolute atomic E-state index is 12.7. The van der Waals surface area contributed by atoms with E-state index in [4.69, 9.17) is 0 Å². The van der Waals surface area contributed by atoms with Gasteiger partial charge in [-0.2, -0.15) is 0 Å². The summed E-state index contributed by atoms with van der Waals surface area (Å²) >= 11 is 0. The van der Waals surface area contributed by atoms with Crippen LogP contribution in [0.1, 0.15) is 28.3 Å². The SMILES string of the molecule is O=C(O)c1ccccc1[C@H]1CCN(C(=O)Cn2cnc3ccccc3c2=O)C1. The quantitative estimate of drug-likeness (QED) is 0.752. The van der Waals surface area contributed by atoms with Crippen molar-refractivity contribution in [3.05, 3.63) is 76.3 Å². The standard InChI is InChI=1S/C21H19N3O4/c25-19(12-24-13-22-18-8-4-3-7-17(18)20(24)26)23-10-9-14(11-23)15-5-1-2-6-16(15)21(27)28/h1-8,13-14H,9-12H2,(H,27,28)/t14-/m0/s1. The third kappa shape index (κ3) is 3.26. The van der Waals surface area contributed by atoms with Crippen molar-refractivity contribution in [2.24, 2.45) is 0 Å². The second-order valence-corrected chi connectivity index (χ2v) is 6.91. The number of carbonyl (C=O) groups is 2.